The quantitative estimate of drug-likeness (QED) is 0.835. The summed E-state index contributed by atoms with van der Waals surface area (Å²) in [6.45, 7) is 7.23. The van der Waals surface area contributed by atoms with Crippen LogP contribution in [0, 0.1) is 18.8 Å². The molecule has 0 aliphatic carbocycles. The van der Waals surface area contributed by atoms with Crippen LogP contribution in [-0.2, 0) is 6.42 Å². The lowest BCUT2D eigenvalue weighted by Crippen LogP contribution is -2.22. The maximum Gasteiger partial charge on any atom is 0.0435 e. The first-order chi connectivity index (χ1) is 7.04. The minimum absolute atomic E-state index is 0.561. The lowest BCUT2D eigenvalue weighted by molar-refractivity contribution is 0.392. The van der Waals surface area contributed by atoms with E-state index in [4.69, 9.17) is 17.3 Å². The molecule has 0 aliphatic heterocycles. The highest BCUT2D eigenvalue weighted by Gasteiger charge is 2.12. The van der Waals surface area contributed by atoms with Crippen LogP contribution in [0.25, 0.3) is 0 Å². The number of benzene rings is 1. The average Bonchev–Trinajstić information content (AvgIpc) is 2.19. The zero-order valence-electron chi connectivity index (χ0n) is 9.76. The van der Waals surface area contributed by atoms with Gasteiger partial charge in [-0.2, -0.15) is 0 Å². The van der Waals surface area contributed by atoms with E-state index in [1.54, 1.807) is 0 Å². The van der Waals surface area contributed by atoms with Gasteiger partial charge in [-0.1, -0.05) is 37.6 Å². The van der Waals surface area contributed by atoms with Crippen molar-refractivity contribution in [2.75, 3.05) is 6.54 Å². The molecular formula is C13H20ClN. The fourth-order valence-corrected chi connectivity index (χ4v) is 1.85. The minimum atomic E-state index is 0.561. The molecule has 1 rings (SSSR count). The summed E-state index contributed by atoms with van der Waals surface area (Å²) in [5.74, 6) is 1.19. The van der Waals surface area contributed by atoms with Crippen LogP contribution in [0.15, 0.2) is 18.2 Å². The predicted octanol–water partition coefficient (Wildman–Crippen LogP) is 3.42. The van der Waals surface area contributed by atoms with E-state index >= 15 is 0 Å². The molecule has 0 amide bonds. The van der Waals surface area contributed by atoms with Crippen LogP contribution in [0.3, 0.4) is 0 Å². The highest BCUT2D eigenvalue weighted by molar-refractivity contribution is 6.31. The zero-order chi connectivity index (χ0) is 11.4. The topological polar surface area (TPSA) is 26.0 Å². The monoisotopic (exact) mass is 225 g/mol. The second-order valence-electron chi connectivity index (χ2n) is 4.53. The normalized spacial score (nSPS) is 13.2. The van der Waals surface area contributed by atoms with E-state index in [0.29, 0.717) is 11.8 Å². The van der Waals surface area contributed by atoms with Gasteiger partial charge in [-0.25, -0.2) is 0 Å². The molecule has 0 spiro atoms. The molecule has 0 aliphatic rings. The van der Waals surface area contributed by atoms with E-state index in [2.05, 4.69) is 26.0 Å². The summed E-state index contributed by atoms with van der Waals surface area (Å²) in [4.78, 5) is 0. The van der Waals surface area contributed by atoms with Crippen molar-refractivity contribution in [2.45, 2.75) is 27.2 Å². The summed E-state index contributed by atoms with van der Waals surface area (Å²) >= 11 is 5.99. The van der Waals surface area contributed by atoms with Crippen LogP contribution >= 0.6 is 11.6 Å². The molecule has 1 nitrogen and oxygen atoms in total. The summed E-state index contributed by atoms with van der Waals surface area (Å²) in [6, 6.07) is 6.23. The molecule has 0 aromatic heterocycles. The maximum atomic E-state index is 5.99. The molecule has 0 saturated heterocycles. The minimum Gasteiger partial charge on any atom is -0.330 e. The van der Waals surface area contributed by atoms with Gasteiger partial charge in [0.1, 0.15) is 0 Å². The third kappa shape index (κ3) is 3.51. The highest BCUT2D eigenvalue weighted by Crippen LogP contribution is 2.20. The molecule has 0 radical (unpaired) electrons. The lowest BCUT2D eigenvalue weighted by atomic mass is 9.89. The SMILES string of the molecule is Cc1cc(CC(CN)C(C)C)ccc1Cl. The van der Waals surface area contributed by atoms with Gasteiger partial charge in [-0.05, 0) is 48.9 Å². The third-order valence-corrected chi connectivity index (χ3v) is 3.39. The standard InChI is InChI=1S/C13H20ClN/c1-9(2)12(8-15)7-11-4-5-13(14)10(3)6-11/h4-6,9,12H,7-8,15H2,1-3H3. The third-order valence-electron chi connectivity index (χ3n) is 2.97. The van der Waals surface area contributed by atoms with Gasteiger partial charge in [-0.3, -0.25) is 0 Å². The molecule has 1 atom stereocenters. The fourth-order valence-electron chi connectivity index (χ4n) is 1.73. The Hall–Kier alpha value is -0.530. The van der Waals surface area contributed by atoms with Crippen molar-refractivity contribution in [3.8, 4) is 0 Å². The molecule has 1 aromatic rings. The van der Waals surface area contributed by atoms with E-state index in [1.165, 1.54) is 5.56 Å². The van der Waals surface area contributed by atoms with Gasteiger partial charge in [0, 0.05) is 5.02 Å². The Bertz CT molecular complexity index is 320. The van der Waals surface area contributed by atoms with Crippen LogP contribution in [0.4, 0.5) is 0 Å². The number of aryl methyl sites for hydroxylation is 1. The van der Waals surface area contributed by atoms with Gasteiger partial charge < -0.3 is 5.73 Å². The molecular weight excluding hydrogens is 206 g/mol. The summed E-state index contributed by atoms with van der Waals surface area (Å²) in [5, 5.41) is 0.840. The van der Waals surface area contributed by atoms with Gasteiger partial charge in [0.15, 0.2) is 0 Å². The van der Waals surface area contributed by atoms with Crippen molar-refractivity contribution in [3.63, 3.8) is 0 Å². The molecule has 1 unspecified atom stereocenters. The van der Waals surface area contributed by atoms with Gasteiger partial charge in [0.25, 0.3) is 0 Å². The first-order valence-electron chi connectivity index (χ1n) is 5.49. The van der Waals surface area contributed by atoms with Crippen molar-refractivity contribution < 1.29 is 0 Å². The molecule has 15 heavy (non-hydrogen) atoms. The average molecular weight is 226 g/mol. The molecule has 0 saturated carbocycles. The Labute approximate surface area is 97.6 Å². The van der Waals surface area contributed by atoms with Crippen molar-refractivity contribution in [3.05, 3.63) is 34.3 Å². The van der Waals surface area contributed by atoms with Crippen LogP contribution in [0.1, 0.15) is 25.0 Å². The van der Waals surface area contributed by atoms with Crippen LogP contribution in [0.5, 0.6) is 0 Å². The fraction of sp³-hybridized carbons (Fsp3) is 0.538. The van der Waals surface area contributed by atoms with Crippen molar-refractivity contribution in [1.29, 1.82) is 0 Å². The van der Waals surface area contributed by atoms with E-state index < -0.39 is 0 Å². The number of hydrogen-bond acceptors (Lipinski definition) is 1. The molecule has 0 fully saturated rings. The van der Waals surface area contributed by atoms with E-state index in [0.717, 1.165) is 23.6 Å². The number of nitrogens with two attached hydrogens (primary N) is 1. The van der Waals surface area contributed by atoms with Crippen molar-refractivity contribution in [1.82, 2.24) is 0 Å². The molecule has 1 aromatic carbocycles. The van der Waals surface area contributed by atoms with Gasteiger partial charge in [-0.15, -0.1) is 0 Å². The summed E-state index contributed by atoms with van der Waals surface area (Å²) in [6.07, 6.45) is 1.05. The van der Waals surface area contributed by atoms with Crippen LogP contribution in [0.2, 0.25) is 5.02 Å². The molecule has 0 heterocycles. The Morgan fingerprint density at radius 3 is 2.47 bits per heavy atom. The van der Waals surface area contributed by atoms with Gasteiger partial charge >= 0.3 is 0 Å². The molecule has 2 heteroatoms. The van der Waals surface area contributed by atoms with E-state index in [-0.39, 0.29) is 0 Å². The summed E-state index contributed by atoms with van der Waals surface area (Å²) < 4.78 is 0. The Balaban J connectivity index is 2.75. The zero-order valence-corrected chi connectivity index (χ0v) is 10.5. The van der Waals surface area contributed by atoms with Gasteiger partial charge in [0.05, 0.1) is 0 Å². The largest absolute Gasteiger partial charge is 0.330 e. The predicted molar refractivity (Wildman–Crippen MR) is 67.3 cm³/mol. The smallest absolute Gasteiger partial charge is 0.0435 e. The maximum absolute atomic E-state index is 5.99. The second-order valence-corrected chi connectivity index (χ2v) is 4.93. The van der Waals surface area contributed by atoms with E-state index in [1.807, 2.05) is 13.0 Å². The number of hydrogen-bond donors (Lipinski definition) is 1. The van der Waals surface area contributed by atoms with Crippen molar-refractivity contribution >= 4 is 11.6 Å². The number of halogens is 1. The Morgan fingerprint density at radius 1 is 1.33 bits per heavy atom. The Morgan fingerprint density at radius 2 is 2.00 bits per heavy atom. The molecule has 0 bridgehead atoms. The number of rotatable bonds is 4. The molecule has 2 N–H and O–H groups in total. The van der Waals surface area contributed by atoms with Gasteiger partial charge in [0.2, 0.25) is 0 Å². The highest BCUT2D eigenvalue weighted by atomic mass is 35.5. The molecule has 84 valence electrons. The Kier molecular flexibility index (Phi) is 4.62. The van der Waals surface area contributed by atoms with Crippen LogP contribution in [-0.4, -0.2) is 6.54 Å². The first kappa shape index (κ1) is 12.5. The second kappa shape index (κ2) is 5.53. The van der Waals surface area contributed by atoms with Crippen molar-refractivity contribution in [2.24, 2.45) is 17.6 Å². The van der Waals surface area contributed by atoms with Crippen LogP contribution < -0.4 is 5.73 Å². The van der Waals surface area contributed by atoms with E-state index in [9.17, 15) is 0 Å². The summed E-state index contributed by atoms with van der Waals surface area (Å²) in [7, 11) is 0. The summed E-state index contributed by atoms with van der Waals surface area (Å²) in [5.41, 5.74) is 8.24. The lowest BCUT2D eigenvalue weighted by Gasteiger charge is -2.19. The first-order valence-corrected chi connectivity index (χ1v) is 5.87.